The molecule has 0 atom stereocenters. The third kappa shape index (κ3) is 4.91. The number of anilines is 2. The lowest BCUT2D eigenvalue weighted by Gasteiger charge is -2.20. The molecule has 0 aliphatic heterocycles. The fraction of sp³-hybridized carbons (Fsp3) is 0.462. The number of hydrogen-bond acceptors (Lipinski definition) is 4. The van der Waals surface area contributed by atoms with E-state index in [-0.39, 0.29) is 13.0 Å². The smallest absolute Gasteiger partial charge is 0.304 e. The first-order chi connectivity index (χ1) is 9.63. The van der Waals surface area contributed by atoms with Gasteiger partial charge in [0.05, 0.1) is 12.1 Å². The minimum Gasteiger partial charge on any atom is -0.481 e. The fourth-order valence-electron chi connectivity index (χ4n) is 1.63. The zero-order valence-electron chi connectivity index (χ0n) is 12.6. The van der Waals surface area contributed by atoms with Gasteiger partial charge < -0.3 is 10.0 Å². The first-order valence-corrected chi connectivity index (χ1v) is 7.81. The van der Waals surface area contributed by atoms with Gasteiger partial charge in [-0.3, -0.25) is 9.52 Å². The molecule has 0 fully saturated rings. The molecule has 0 aliphatic carbocycles. The fourth-order valence-corrected chi connectivity index (χ4v) is 2.63. The number of nitrogens with one attached hydrogen (secondary N) is 1. The van der Waals surface area contributed by atoms with Crippen molar-refractivity contribution >= 4 is 27.6 Å². The maximum atomic E-state index is 12.1. The van der Waals surface area contributed by atoms with Crippen LogP contribution in [0, 0.1) is 6.92 Å². The van der Waals surface area contributed by atoms with Crippen LogP contribution in [0.4, 0.5) is 11.4 Å². The van der Waals surface area contributed by atoms with Gasteiger partial charge in [-0.1, -0.05) is 0 Å². The molecular formula is C13H21N3O4S. The largest absolute Gasteiger partial charge is 0.481 e. The average Bonchev–Trinajstić information content (AvgIpc) is 2.37. The van der Waals surface area contributed by atoms with Crippen LogP contribution in [0.2, 0.25) is 0 Å². The first-order valence-electron chi connectivity index (χ1n) is 6.37. The molecule has 1 aromatic rings. The van der Waals surface area contributed by atoms with Gasteiger partial charge in [0, 0.05) is 33.4 Å². The lowest BCUT2D eigenvalue weighted by Crippen LogP contribution is -2.34. The van der Waals surface area contributed by atoms with E-state index in [1.807, 2.05) is 38.1 Å². The van der Waals surface area contributed by atoms with E-state index in [0.717, 1.165) is 15.6 Å². The molecule has 8 heteroatoms. The maximum Gasteiger partial charge on any atom is 0.304 e. The summed E-state index contributed by atoms with van der Waals surface area (Å²) in [6.07, 6.45) is -0.240. The van der Waals surface area contributed by atoms with E-state index in [9.17, 15) is 13.2 Å². The second-order valence-electron chi connectivity index (χ2n) is 4.97. The zero-order valence-corrected chi connectivity index (χ0v) is 13.4. The maximum absolute atomic E-state index is 12.1. The minimum atomic E-state index is -3.76. The molecule has 0 bridgehead atoms. The van der Waals surface area contributed by atoms with Crippen molar-refractivity contribution in [2.45, 2.75) is 13.3 Å². The van der Waals surface area contributed by atoms with Crippen LogP contribution in [-0.4, -0.2) is 51.5 Å². The molecule has 0 aliphatic rings. The Morgan fingerprint density at radius 2 is 1.90 bits per heavy atom. The highest BCUT2D eigenvalue weighted by Gasteiger charge is 2.19. The molecule has 1 rings (SSSR count). The summed E-state index contributed by atoms with van der Waals surface area (Å²) in [5.41, 5.74) is 2.23. The molecule has 118 valence electrons. The van der Waals surface area contributed by atoms with E-state index < -0.39 is 16.2 Å². The molecule has 0 heterocycles. The molecule has 21 heavy (non-hydrogen) atoms. The Kier molecular flexibility index (Phi) is 5.56. The summed E-state index contributed by atoms with van der Waals surface area (Å²) in [5, 5.41) is 8.60. The number of hydrogen-bond donors (Lipinski definition) is 2. The Labute approximate surface area is 125 Å². The first kappa shape index (κ1) is 17.3. The highest BCUT2D eigenvalue weighted by molar-refractivity contribution is 7.90. The lowest BCUT2D eigenvalue weighted by atomic mass is 10.2. The molecule has 0 spiro atoms. The van der Waals surface area contributed by atoms with Gasteiger partial charge in [-0.25, -0.2) is 0 Å². The summed E-state index contributed by atoms with van der Waals surface area (Å²) in [6, 6.07) is 5.37. The monoisotopic (exact) mass is 315 g/mol. The van der Waals surface area contributed by atoms with Crippen molar-refractivity contribution in [3.63, 3.8) is 0 Å². The third-order valence-electron chi connectivity index (χ3n) is 3.02. The topological polar surface area (TPSA) is 90.0 Å². The normalized spacial score (nSPS) is 11.5. The molecule has 0 unspecified atom stereocenters. The van der Waals surface area contributed by atoms with E-state index in [1.54, 1.807) is 6.07 Å². The molecule has 0 aromatic heterocycles. The summed E-state index contributed by atoms with van der Waals surface area (Å²) in [6.45, 7) is 1.72. The van der Waals surface area contributed by atoms with Crippen molar-refractivity contribution < 1.29 is 18.3 Å². The number of aliphatic carboxylic acids is 1. The van der Waals surface area contributed by atoms with Crippen molar-refractivity contribution in [2.75, 3.05) is 37.3 Å². The SMILES string of the molecule is Cc1cc(N(C)C)ccc1NS(=O)(=O)N(C)CCC(=O)O. The van der Waals surface area contributed by atoms with Crippen molar-refractivity contribution in [3.05, 3.63) is 23.8 Å². The van der Waals surface area contributed by atoms with Crippen molar-refractivity contribution in [2.24, 2.45) is 0 Å². The molecule has 0 amide bonds. The summed E-state index contributed by atoms with van der Waals surface area (Å²) in [7, 11) is 1.39. The molecule has 2 N–H and O–H groups in total. The van der Waals surface area contributed by atoms with Gasteiger partial charge in [0.15, 0.2) is 0 Å². The Morgan fingerprint density at radius 1 is 1.29 bits per heavy atom. The summed E-state index contributed by atoms with van der Waals surface area (Å²) in [5.74, 6) is -1.04. The van der Waals surface area contributed by atoms with Crippen LogP contribution in [0.1, 0.15) is 12.0 Å². The second-order valence-corrected chi connectivity index (χ2v) is 6.74. The number of carboxylic acid groups (broad SMARTS) is 1. The average molecular weight is 315 g/mol. The van der Waals surface area contributed by atoms with Gasteiger partial charge in [-0.15, -0.1) is 0 Å². The van der Waals surface area contributed by atoms with Crippen molar-refractivity contribution in [1.82, 2.24) is 4.31 Å². The third-order valence-corrected chi connectivity index (χ3v) is 4.50. The van der Waals surface area contributed by atoms with E-state index in [2.05, 4.69) is 4.72 Å². The number of carboxylic acids is 1. The van der Waals surface area contributed by atoms with Crippen LogP contribution in [0.5, 0.6) is 0 Å². The van der Waals surface area contributed by atoms with Crippen LogP contribution in [0.15, 0.2) is 18.2 Å². The molecular weight excluding hydrogens is 294 g/mol. The number of aryl methyl sites for hydroxylation is 1. The molecule has 0 saturated heterocycles. The van der Waals surface area contributed by atoms with E-state index in [0.29, 0.717) is 5.69 Å². The van der Waals surface area contributed by atoms with Gasteiger partial charge in [-0.2, -0.15) is 12.7 Å². The summed E-state index contributed by atoms with van der Waals surface area (Å²) in [4.78, 5) is 12.4. The van der Waals surface area contributed by atoms with E-state index in [4.69, 9.17) is 5.11 Å². The second kappa shape index (κ2) is 6.77. The van der Waals surface area contributed by atoms with Crippen LogP contribution < -0.4 is 9.62 Å². The van der Waals surface area contributed by atoms with Crippen LogP contribution in [-0.2, 0) is 15.0 Å². The van der Waals surface area contributed by atoms with Crippen LogP contribution in [0.3, 0.4) is 0 Å². The molecule has 1 aromatic carbocycles. The van der Waals surface area contributed by atoms with Crippen molar-refractivity contribution in [3.8, 4) is 0 Å². The number of benzene rings is 1. The number of rotatable bonds is 7. The predicted octanol–water partition coefficient (Wildman–Crippen LogP) is 1.12. The van der Waals surface area contributed by atoms with E-state index >= 15 is 0 Å². The Balaban J connectivity index is 2.86. The standard InChI is InChI=1S/C13H21N3O4S/c1-10-9-11(15(2)3)5-6-12(10)14-21(19,20)16(4)8-7-13(17)18/h5-6,9,14H,7-8H2,1-4H3,(H,17,18). The van der Waals surface area contributed by atoms with E-state index in [1.165, 1.54) is 7.05 Å². The Bertz CT molecular complexity index is 614. The summed E-state index contributed by atoms with van der Waals surface area (Å²) < 4.78 is 27.6. The lowest BCUT2D eigenvalue weighted by molar-refractivity contribution is -0.137. The van der Waals surface area contributed by atoms with Gasteiger partial charge in [0.2, 0.25) is 0 Å². The molecule has 0 radical (unpaired) electrons. The van der Waals surface area contributed by atoms with Gasteiger partial charge in [-0.05, 0) is 30.7 Å². The predicted molar refractivity (Wildman–Crippen MR) is 82.9 cm³/mol. The molecule has 0 saturated carbocycles. The van der Waals surface area contributed by atoms with Crippen LogP contribution >= 0.6 is 0 Å². The number of carbonyl (C=O) groups is 1. The highest BCUT2D eigenvalue weighted by atomic mass is 32.2. The van der Waals surface area contributed by atoms with Crippen LogP contribution in [0.25, 0.3) is 0 Å². The van der Waals surface area contributed by atoms with Crippen molar-refractivity contribution in [1.29, 1.82) is 0 Å². The minimum absolute atomic E-state index is 0.0838. The van der Waals surface area contributed by atoms with Gasteiger partial charge in [0.1, 0.15) is 0 Å². The Morgan fingerprint density at radius 3 is 2.38 bits per heavy atom. The number of nitrogens with zero attached hydrogens (tertiary/aromatic N) is 2. The molecule has 7 nitrogen and oxygen atoms in total. The van der Waals surface area contributed by atoms with Gasteiger partial charge in [0.25, 0.3) is 0 Å². The Hall–Kier alpha value is -1.80. The zero-order chi connectivity index (χ0) is 16.2. The summed E-state index contributed by atoms with van der Waals surface area (Å²) >= 11 is 0. The highest BCUT2D eigenvalue weighted by Crippen LogP contribution is 2.22. The quantitative estimate of drug-likeness (QED) is 0.787. The van der Waals surface area contributed by atoms with Gasteiger partial charge >= 0.3 is 16.2 Å².